The number of benzene rings is 1. The fraction of sp³-hybridized carbons (Fsp3) is 0.143. The van der Waals surface area contributed by atoms with Gasteiger partial charge in [0.25, 0.3) is 0 Å². The van der Waals surface area contributed by atoms with Crippen LogP contribution in [0.4, 0.5) is 14.5 Å². The minimum absolute atomic E-state index is 0.122. The summed E-state index contributed by atoms with van der Waals surface area (Å²) in [5.41, 5.74) is 0.615. The summed E-state index contributed by atoms with van der Waals surface area (Å²) in [4.78, 5) is 15.3. The number of pyridine rings is 1. The Labute approximate surface area is 128 Å². The van der Waals surface area contributed by atoms with Crippen molar-refractivity contribution in [3.8, 4) is 0 Å². The molecule has 0 bridgehead atoms. The van der Waals surface area contributed by atoms with Crippen LogP contribution in [0.2, 0.25) is 0 Å². The topological polar surface area (TPSA) is 51.2 Å². The van der Waals surface area contributed by atoms with Gasteiger partial charge in [0.1, 0.15) is 17.3 Å². The van der Waals surface area contributed by atoms with Gasteiger partial charge in [-0.3, -0.25) is 4.98 Å². The summed E-state index contributed by atoms with van der Waals surface area (Å²) in [6.07, 6.45) is 1.34. The average molecular weight is 357 g/mol. The van der Waals surface area contributed by atoms with E-state index < -0.39 is 17.6 Å². The number of ether oxygens (including phenoxy) is 1. The quantitative estimate of drug-likeness (QED) is 0.851. The first kappa shape index (κ1) is 15.4. The maximum Gasteiger partial charge on any atom is 0.339 e. The smallest absolute Gasteiger partial charge is 0.339 e. The van der Waals surface area contributed by atoms with Gasteiger partial charge in [-0.05, 0) is 24.3 Å². The molecule has 1 aromatic carbocycles. The molecule has 1 aromatic heterocycles. The lowest BCUT2D eigenvalue weighted by Crippen LogP contribution is -2.07. The molecule has 0 aliphatic rings. The number of nitrogens with one attached hydrogen (secondary N) is 1. The number of hydrogen-bond acceptors (Lipinski definition) is 4. The standard InChI is InChI=1S/C14H11BrF2N2O2/c1-21-14(20)8-2-3-10(18-6-8)7-19-13-11(16)4-9(15)5-12(13)17/h2-6,19H,7H2,1H3. The van der Waals surface area contributed by atoms with Crippen LogP contribution in [-0.4, -0.2) is 18.1 Å². The zero-order valence-corrected chi connectivity index (χ0v) is 12.6. The van der Waals surface area contributed by atoms with Crippen molar-refractivity contribution in [1.82, 2.24) is 4.98 Å². The molecule has 0 aliphatic carbocycles. The molecule has 0 radical (unpaired) electrons. The van der Waals surface area contributed by atoms with Crippen LogP contribution in [0.25, 0.3) is 0 Å². The first-order valence-corrected chi connectivity index (χ1v) is 6.72. The summed E-state index contributed by atoms with van der Waals surface area (Å²) in [6.45, 7) is 0.122. The molecular weight excluding hydrogens is 346 g/mol. The number of anilines is 1. The van der Waals surface area contributed by atoms with Gasteiger partial charge < -0.3 is 10.1 Å². The van der Waals surface area contributed by atoms with Gasteiger partial charge in [0.05, 0.1) is 24.9 Å². The molecule has 0 unspecified atom stereocenters. The van der Waals surface area contributed by atoms with Crippen LogP contribution in [0.15, 0.2) is 34.9 Å². The van der Waals surface area contributed by atoms with Crippen LogP contribution in [0.3, 0.4) is 0 Å². The molecule has 0 aliphatic heterocycles. The van der Waals surface area contributed by atoms with Crippen LogP contribution in [-0.2, 0) is 11.3 Å². The Hall–Kier alpha value is -2.02. The van der Waals surface area contributed by atoms with Crippen LogP contribution in [0, 0.1) is 11.6 Å². The number of aromatic nitrogens is 1. The molecule has 2 rings (SSSR count). The van der Waals surface area contributed by atoms with Crippen molar-refractivity contribution in [2.24, 2.45) is 0 Å². The minimum atomic E-state index is -0.701. The third kappa shape index (κ3) is 3.75. The molecular formula is C14H11BrF2N2O2. The SMILES string of the molecule is COC(=O)c1ccc(CNc2c(F)cc(Br)cc2F)nc1. The van der Waals surface area contributed by atoms with Gasteiger partial charge >= 0.3 is 5.97 Å². The molecule has 4 nitrogen and oxygen atoms in total. The molecule has 7 heteroatoms. The Morgan fingerprint density at radius 2 is 2.00 bits per heavy atom. The van der Waals surface area contributed by atoms with Crippen LogP contribution < -0.4 is 5.32 Å². The van der Waals surface area contributed by atoms with Crippen molar-refractivity contribution in [3.63, 3.8) is 0 Å². The highest BCUT2D eigenvalue weighted by Gasteiger charge is 2.11. The van der Waals surface area contributed by atoms with E-state index in [1.165, 1.54) is 31.5 Å². The zero-order valence-electron chi connectivity index (χ0n) is 11.0. The Morgan fingerprint density at radius 1 is 1.33 bits per heavy atom. The zero-order chi connectivity index (χ0) is 15.4. The van der Waals surface area contributed by atoms with Gasteiger partial charge in [0.2, 0.25) is 0 Å². The third-order valence-electron chi connectivity index (χ3n) is 2.70. The van der Waals surface area contributed by atoms with E-state index in [2.05, 4.69) is 31.0 Å². The van der Waals surface area contributed by atoms with Crippen molar-refractivity contribution in [3.05, 3.63) is 57.8 Å². The molecule has 0 spiro atoms. The first-order chi connectivity index (χ1) is 10.0. The maximum absolute atomic E-state index is 13.6. The number of nitrogens with zero attached hydrogens (tertiary/aromatic N) is 1. The van der Waals surface area contributed by atoms with E-state index >= 15 is 0 Å². The Balaban J connectivity index is 2.08. The second-order valence-electron chi connectivity index (χ2n) is 4.13. The molecule has 0 fully saturated rings. The summed E-state index contributed by atoms with van der Waals surface area (Å²) in [5, 5.41) is 2.64. The van der Waals surface area contributed by atoms with E-state index in [1.54, 1.807) is 6.07 Å². The highest BCUT2D eigenvalue weighted by atomic mass is 79.9. The van der Waals surface area contributed by atoms with Crippen molar-refractivity contribution < 1.29 is 18.3 Å². The molecule has 2 aromatic rings. The predicted octanol–water partition coefficient (Wildman–Crippen LogP) is 3.52. The van der Waals surface area contributed by atoms with E-state index in [0.29, 0.717) is 15.7 Å². The van der Waals surface area contributed by atoms with Crippen molar-refractivity contribution in [2.75, 3.05) is 12.4 Å². The lowest BCUT2D eigenvalue weighted by atomic mass is 10.2. The van der Waals surface area contributed by atoms with Crippen molar-refractivity contribution >= 4 is 27.6 Å². The second-order valence-corrected chi connectivity index (χ2v) is 5.04. The van der Waals surface area contributed by atoms with Crippen LogP contribution >= 0.6 is 15.9 Å². The van der Waals surface area contributed by atoms with Gasteiger partial charge in [-0.2, -0.15) is 0 Å². The molecule has 0 saturated heterocycles. The van der Waals surface area contributed by atoms with Gasteiger partial charge in [0.15, 0.2) is 0 Å². The van der Waals surface area contributed by atoms with E-state index in [1.807, 2.05) is 0 Å². The van der Waals surface area contributed by atoms with Gasteiger partial charge in [-0.15, -0.1) is 0 Å². The highest BCUT2D eigenvalue weighted by Crippen LogP contribution is 2.24. The van der Waals surface area contributed by atoms with Crippen molar-refractivity contribution in [2.45, 2.75) is 6.54 Å². The summed E-state index contributed by atoms with van der Waals surface area (Å²) >= 11 is 3.01. The monoisotopic (exact) mass is 356 g/mol. The fourth-order valence-electron chi connectivity index (χ4n) is 1.66. The number of methoxy groups -OCH3 is 1. The normalized spacial score (nSPS) is 10.3. The Morgan fingerprint density at radius 3 is 2.52 bits per heavy atom. The minimum Gasteiger partial charge on any atom is -0.465 e. The van der Waals surface area contributed by atoms with Crippen molar-refractivity contribution in [1.29, 1.82) is 0 Å². The second kappa shape index (κ2) is 6.62. The summed E-state index contributed by atoms with van der Waals surface area (Å²) < 4.78 is 32.1. The molecule has 0 atom stereocenters. The lowest BCUT2D eigenvalue weighted by molar-refractivity contribution is 0.0600. The number of rotatable bonds is 4. The molecule has 0 saturated carbocycles. The predicted molar refractivity (Wildman–Crippen MR) is 77.0 cm³/mol. The Bertz CT molecular complexity index is 640. The number of carbonyl (C=O) groups is 1. The Kier molecular flexibility index (Phi) is 4.85. The highest BCUT2D eigenvalue weighted by molar-refractivity contribution is 9.10. The first-order valence-electron chi connectivity index (χ1n) is 5.93. The van der Waals surface area contributed by atoms with Crippen LogP contribution in [0.1, 0.15) is 16.1 Å². The number of halogens is 3. The van der Waals surface area contributed by atoms with E-state index in [0.717, 1.165) is 0 Å². The largest absolute Gasteiger partial charge is 0.465 e. The molecule has 1 N–H and O–H groups in total. The van der Waals surface area contributed by atoms with Crippen LogP contribution in [0.5, 0.6) is 0 Å². The number of hydrogen-bond donors (Lipinski definition) is 1. The molecule has 0 amide bonds. The van der Waals surface area contributed by atoms with Gasteiger partial charge in [0, 0.05) is 10.7 Å². The lowest BCUT2D eigenvalue weighted by Gasteiger charge is -2.09. The van der Waals surface area contributed by atoms with Gasteiger partial charge in [-0.1, -0.05) is 15.9 Å². The molecule has 110 valence electrons. The number of carbonyl (C=O) groups excluding carboxylic acids is 1. The molecule has 1 heterocycles. The third-order valence-corrected chi connectivity index (χ3v) is 3.16. The van der Waals surface area contributed by atoms with E-state index in [-0.39, 0.29) is 12.2 Å². The van der Waals surface area contributed by atoms with E-state index in [4.69, 9.17) is 0 Å². The number of esters is 1. The summed E-state index contributed by atoms with van der Waals surface area (Å²) in [5.74, 6) is -1.90. The summed E-state index contributed by atoms with van der Waals surface area (Å²) in [7, 11) is 1.27. The fourth-order valence-corrected chi connectivity index (χ4v) is 2.06. The maximum atomic E-state index is 13.6. The summed E-state index contributed by atoms with van der Waals surface area (Å²) in [6, 6.07) is 5.44. The van der Waals surface area contributed by atoms with Gasteiger partial charge in [-0.25, -0.2) is 13.6 Å². The average Bonchev–Trinajstić information content (AvgIpc) is 2.46. The molecule has 21 heavy (non-hydrogen) atoms. The van der Waals surface area contributed by atoms with E-state index in [9.17, 15) is 13.6 Å².